The highest BCUT2D eigenvalue weighted by Crippen LogP contribution is 2.25. The van der Waals surface area contributed by atoms with Crippen LogP contribution in [0, 0.1) is 0 Å². The SMILES string of the molecule is CC(C(=O)O)=C(C)c1ccccc1Br. The molecule has 74 valence electrons. The van der Waals surface area contributed by atoms with Crippen molar-refractivity contribution in [2.24, 2.45) is 0 Å². The number of carboxylic acids is 1. The van der Waals surface area contributed by atoms with Crippen molar-refractivity contribution < 1.29 is 9.90 Å². The summed E-state index contributed by atoms with van der Waals surface area (Å²) < 4.78 is 0.915. The smallest absolute Gasteiger partial charge is 0.331 e. The molecule has 2 nitrogen and oxygen atoms in total. The fraction of sp³-hybridized carbons (Fsp3) is 0.182. The number of allylic oxidation sites excluding steroid dienone is 1. The van der Waals surface area contributed by atoms with Gasteiger partial charge in [-0.15, -0.1) is 0 Å². The molecular weight excluding hydrogens is 244 g/mol. The van der Waals surface area contributed by atoms with Crippen molar-refractivity contribution in [2.75, 3.05) is 0 Å². The molecule has 0 unspecified atom stereocenters. The highest BCUT2D eigenvalue weighted by molar-refractivity contribution is 9.10. The molecule has 0 spiro atoms. The summed E-state index contributed by atoms with van der Waals surface area (Å²) in [4.78, 5) is 10.8. The minimum Gasteiger partial charge on any atom is -0.478 e. The molecule has 0 bridgehead atoms. The Morgan fingerprint density at radius 2 is 1.86 bits per heavy atom. The van der Waals surface area contributed by atoms with Gasteiger partial charge in [0.25, 0.3) is 0 Å². The maximum absolute atomic E-state index is 10.8. The highest BCUT2D eigenvalue weighted by Gasteiger charge is 2.08. The normalized spacial score (nSPS) is 12.2. The molecule has 0 saturated heterocycles. The second kappa shape index (κ2) is 4.42. The molecule has 0 saturated carbocycles. The maximum atomic E-state index is 10.8. The Balaban J connectivity index is 3.25. The van der Waals surface area contributed by atoms with E-state index in [-0.39, 0.29) is 0 Å². The van der Waals surface area contributed by atoms with E-state index in [4.69, 9.17) is 5.11 Å². The second-order valence-corrected chi connectivity index (χ2v) is 3.89. The summed E-state index contributed by atoms with van der Waals surface area (Å²) >= 11 is 3.39. The number of carbonyl (C=O) groups is 1. The minimum atomic E-state index is -0.877. The maximum Gasteiger partial charge on any atom is 0.331 e. The Labute approximate surface area is 91.4 Å². The lowest BCUT2D eigenvalue weighted by Crippen LogP contribution is -1.99. The topological polar surface area (TPSA) is 37.3 Å². The lowest BCUT2D eigenvalue weighted by atomic mass is 10.0. The molecular formula is C11H11BrO2. The second-order valence-electron chi connectivity index (χ2n) is 3.03. The predicted octanol–water partition coefficient (Wildman–Crippen LogP) is 3.33. The van der Waals surface area contributed by atoms with Crippen LogP contribution >= 0.6 is 15.9 Å². The van der Waals surface area contributed by atoms with Gasteiger partial charge in [-0.25, -0.2) is 4.79 Å². The lowest BCUT2D eigenvalue weighted by Gasteiger charge is -2.06. The molecule has 14 heavy (non-hydrogen) atoms. The van der Waals surface area contributed by atoms with Crippen LogP contribution < -0.4 is 0 Å². The third kappa shape index (κ3) is 2.23. The third-order valence-corrected chi connectivity index (χ3v) is 2.85. The number of benzene rings is 1. The lowest BCUT2D eigenvalue weighted by molar-refractivity contribution is -0.132. The molecule has 0 atom stereocenters. The van der Waals surface area contributed by atoms with Crippen LogP contribution in [0.4, 0.5) is 0 Å². The van der Waals surface area contributed by atoms with Gasteiger partial charge in [0.2, 0.25) is 0 Å². The van der Waals surface area contributed by atoms with Crippen molar-refractivity contribution in [1.29, 1.82) is 0 Å². The Bertz CT molecular complexity index is 394. The summed E-state index contributed by atoms with van der Waals surface area (Å²) in [5.74, 6) is -0.877. The van der Waals surface area contributed by atoms with E-state index in [1.54, 1.807) is 6.92 Å². The molecule has 0 aliphatic rings. The number of hydrogen-bond donors (Lipinski definition) is 1. The first-order chi connectivity index (χ1) is 6.54. The first-order valence-corrected chi connectivity index (χ1v) is 4.99. The van der Waals surface area contributed by atoms with Gasteiger partial charge < -0.3 is 5.11 Å². The van der Waals surface area contributed by atoms with Gasteiger partial charge in [-0.2, -0.15) is 0 Å². The van der Waals surface area contributed by atoms with Crippen LogP contribution in [-0.4, -0.2) is 11.1 Å². The van der Waals surface area contributed by atoms with Crippen LogP contribution in [-0.2, 0) is 4.79 Å². The first-order valence-electron chi connectivity index (χ1n) is 4.19. The van der Waals surface area contributed by atoms with Gasteiger partial charge in [-0.05, 0) is 31.1 Å². The fourth-order valence-electron chi connectivity index (χ4n) is 1.13. The molecule has 1 aromatic rings. The number of aliphatic carboxylic acids is 1. The summed E-state index contributed by atoms with van der Waals surface area (Å²) in [5, 5.41) is 8.83. The van der Waals surface area contributed by atoms with Crippen LogP contribution in [0.3, 0.4) is 0 Å². The average Bonchev–Trinajstić information content (AvgIpc) is 2.16. The van der Waals surface area contributed by atoms with Crippen molar-refractivity contribution in [2.45, 2.75) is 13.8 Å². The summed E-state index contributed by atoms with van der Waals surface area (Å²) in [6, 6.07) is 7.58. The number of carboxylic acid groups (broad SMARTS) is 1. The van der Waals surface area contributed by atoms with Gasteiger partial charge in [-0.3, -0.25) is 0 Å². The third-order valence-electron chi connectivity index (χ3n) is 2.16. The monoisotopic (exact) mass is 254 g/mol. The predicted molar refractivity (Wildman–Crippen MR) is 60.0 cm³/mol. The van der Waals surface area contributed by atoms with Crippen LogP contribution in [0.1, 0.15) is 19.4 Å². The molecule has 1 aromatic carbocycles. The van der Waals surface area contributed by atoms with Crippen molar-refractivity contribution in [3.8, 4) is 0 Å². The van der Waals surface area contributed by atoms with Gasteiger partial charge in [0.15, 0.2) is 0 Å². The molecule has 0 heterocycles. The van der Waals surface area contributed by atoms with Crippen molar-refractivity contribution in [3.63, 3.8) is 0 Å². The zero-order chi connectivity index (χ0) is 10.7. The molecule has 3 heteroatoms. The zero-order valence-corrected chi connectivity index (χ0v) is 9.63. The Morgan fingerprint density at radius 1 is 1.29 bits per heavy atom. The molecule has 1 rings (SSSR count). The summed E-state index contributed by atoms with van der Waals surface area (Å²) in [6.07, 6.45) is 0. The van der Waals surface area contributed by atoms with Crippen molar-refractivity contribution in [3.05, 3.63) is 39.9 Å². The molecule has 0 aliphatic carbocycles. The van der Waals surface area contributed by atoms with Crippen molar-refractivity contribution >= 4 is 27.5 Å². The van der Waals surface area contributed by atoms with E-state index in [0.29, 0.717) is 5.57 Å². The van der Waals surface area contributed by atoms with E-state index in [1.807, 2.05) is 31.2 Å². The van der Waals surface area contributed by atoms with Crippen LogP contribution in [0.5, 0.6) is 0 Å². The number of hydrogen-bond acceptors (Lipinski definition) is 1. The van der Waals surface area contributed by atoms with Crippen LogP contribution in [0.2, 0.25) is 0 Å². The van der Waals surface area contributed by atoms with E-state index in [0.717, 1.165) is 15.6 Å². The molecule has 0 amide bonds. The van der Waals surface area contributed by atoms with E-state index in [1.165, 1.54) is 0 Å². The standard InChI is InChI=1S/C11H11BrO2/c1-7(8(2)11(13)14)9-5-3-4-6-10(9)12/h3-6H,1-2H3,(H,13,14). The molecule has 1 N–H and O–H groups in total. The van der Waals surface area contributed by atoms with Crippen LogP contribution in [0.15, 0.2) is 34.3 Å². The minimum absolute atomic E-state index is 0.372. The van der Waals surface area contributed by atoms with Crippen molar-refractivity contribution in [1.82, 2.24) is 0 Å². The number of halogens is 1. The van der Waals surface area contributed by atoms with E-state index >= 15 is 0 Å². The molecule has 0 fully saturated rings. The van der Waals surface area contributed by atoms with Crippen LogP contribution in [0.25, 0.3) is 5.57 Å². The van der Waals surface area contributed by atoms with E-state index in [9.17, 15) is 4.79 Å². The Hall–Kier alpha value is -1.09. The van der Waals surface area contributed by atoms with Gasteiger partial charge in [0, 0.05) is 10.0 Å². The van der Waals surface area contributed by atoms with Gasteiger partial charge in [-0.1, -0.05) is 34.1 Å². The summed E-state index contributed by atoms with van der Waals surface area (Å²) in [7, 11) is 0. The Morgan fingerprint density at radius 3 is 2.36 bits per heavy atom. The van der Waals surface area contributed by atoms with E-state index < -0.39 is 5.97 Å². The molecule has 0 aliphatic heterocycles. The molecule has 0 aromatic heterocycles. The quantitative estimate of drug-likeness (QED) is 0.823. The fourth-order valence-corrected chi connectivity index (χ4v) is 1.71. The summed E-state index contributed by atoms with van der Waals surface area (Å²) in [5.41, 5.74) is 2.08. The Kier molecular flexibility index (Phi) is 3.47. The average molecular weight is 255 g/mol. The highest BCUT2D eigenvalue weighted by atomic mass is 79.9. The van der Waals surface area contributed by atoms with Gasteiger partial charge in [0.1, 0.15) is 0 Å². The summed E-state index contributed by atoms with van der Waals surface area (Å²) in [6.45, 7) is 3.42. The van der Waals surface area contributed by atoms with Gasteiger partial charge >= 0.3 is 5.97 Å². The first kappa shape index (κ1) is 11.0. The van der Waals surface area contributed by atoms with E-state index in [2.05, 4.69) is 15.9 Å². The number of rotatable bonds is 2. The largest absolute Gasteiger partial charge is 0.478 e. The van der Waals surface area contributed by atoms with Gasteiger partial charge in [0.05, 0.1) is 0 Å². The zero-order valence-electron chi connectivity index (χ0n) is 8.04. The molecule has 0 radical (unpaired) electrons.